The average molecular weight is 227 g/mol. The molecule has 0 saturated carbocycles. The number of hydrogen-bond acceptors (Lipinski definition) is 3. The zero-order valence-corrected chi connectivity index (χ0v) is 10.7. The van der Waals surface area contributed by atoms with E-state index in [1.807, 2.05) is 0 Å². The summed E-state index contributed by atoms with van der Waals surface area (Å²) in [6.07, 6.45) is 4.79. The van der Waals surface area contributed by atoms with Crippen LogP contribution in [0, 0.1) is 5.92 Å². The van der Waals surface area contributed by atoms with Gasteiger partial charge in [0.2, 0.25) is 0 Å². The lowest BCUT2D eigenvalue weighted by Crippen LogP contribution is -2.56. The Morgan fingerprint density at radius 1 is 1.50 bits per heavy atom. The minimum atomic E-state index is -0.0738. The molecule has 4 heteroatoms. The van der Waals surface area contributed by atoms with Gasteiger partial charge < -0.3 is 0 Å². The fraction of sp³-hybridized carbons (Fsp3) is 0.917. The van der Waals surface area contributed by atoms with Crippen LogP contribution in [-0.2, 0) is 4.79 Å². The molecule has 3 N–H and O–H groups in total. The summed E-state index contributed by atoms with van der Waals surface area (Å²) >= 11 is 0. The molecule has 0 aromatic carbocycles. The molecule has 1 fully saturated rings. The maximum Gasteiger partial charge on any atom is 0.251 e. The normalized spacial score (nSPS) is 24.4. The van der Waals surface area contributed by atoms with Gasteiger partial charge in [0.25, 0.3) is 5.91 Å². The third kappa shape index (κ3) is 2.95. The molecule has 0 aromatic heterocycles. The van der Waals surface area contributed by atoms with Crippen LogP contribution in [0.5, 0.6) is 0 Å². The molecular formula is C12H25N3O. The summed E-state index contributed by atoms with van der Waals surface area (Å²) in [4.78, 5) is 14.2. The summed E-state index contributed by atoms with van der Waals surface area (Å²) in [5.74, 6) is 5.53. The lowest BCUT2D eigenvalue weighted by atomic mass is 9.93. The van der Waals surface area contributed by atoms with Gasteiger partial charge in [-0.25, -0.2) is 5.84 Å². The van der Waals surface area contributed by atoms with Crippen LogP contribution >= 0.6 is 0 Å². The van der Waals surface area contributed by atoms with Gasteiger partial charge in [-0.1, -0.05) is 27.2 Å². The monoisotopic (exact) mass is 227 g/mol. The number of carbonyl (C=O) groups is 1. The summed E-state index contributed by atoms with van der Waals surface area (Å²) in [6.45, 7) is 7.39. The van der Waals surface area contributed by atoms with Crippen molar-refractivity contribution in [1.82, 2.24) is 10.3 Å². The van der Waals surface area contributed by atoms with E-state index in [0.717, 1.165) is 13.0 Å². The fourth-order valence-electron chi connectivity index (χ4n) is 2.75. The van der Waals surface area contributed by atoms with Crippen LogP contribution in [0.4, 0.5) is 0 Å². The highest BCUT2D eigenvalue weighted by Crippen LogP contribution is 2.25. The van der Waals surface area contributed by atoms with E-state index < -0.39 is 0 Å². The summed E-state index contributed by atoms with van der Waals surface area (Å²) in [7, 11) is 0. The molecule has 0 aliphatic carbocycles. The van der Waals surface area contributed by atoms with Crippen LogP contribution in [0.15, 0.2) is 0 Å². The highest BCUT2D eigenvalue weighted by Gasteiger charge is 2.33. The first-order valence-electron chi connectivity index (χ1n) is 6.38. The largest absolute Gasteiger partial charge is 0.293 e. The third-order valence-corrected chi connectivity index (χ3v) is 3.54. The van der Waals surface area contributed by atoms with Crippen molar-refractivity contribution < 1.29 is 4.79 Å². The van der Waals surface area contributed by atoms with Gasteiger partial charge in [0.15, 0.2) is 0 Å². The molecule has 1 aliphatic rings. The van der Waals surface area contributed by atoms with E-state index in [-0.39, 0.29) is 11.9 Å². The molecule has 94 valence electrons. The average Bonchev–Trinajstić information content (AvgIpc) is 2.29. The fourth-order valence-corrected chi connectivity index (χ4v) is 2.75. The van der Waals surface area contributed by atoms with Crippen molar-refractivity contribution in [2.75, 3.05) is 6.54 Å². The second-order valence-electron chi connectivity index (χ2n) is 4.99. The molecule has 0 aromatic rings. The van der Waals surface area contributed by atoms with Gasteiger partial charge in [-0.15, -0.1) is 0 Å². The van der Waals surface area contributed by atoms with Gasteiger partial charge in [0.1, 0.15) is 0 Å². The van der Waals surface area contributed by atoms with Crippen LogP contribution in [0.25, 0.3) is 0 Å². The zero-order chi connectivity index (χ0) is 12.1. The molecule has 0 bridgehead atoms. The Balaban J connectivity index is 2.78. The molecule has 1 heterocycles. The maximum absolute atomic E-state index is 11.8. The SMILES string of the molecule is CCC1CCCCN1C(C(=O)NN)C(C)C. The molecule has 2 atom stereocenters. The van der Waals surface area contributed by atoms with Crippen molar-refractivity contribution in [3.8, 4) is 0 Å². The Labute approximate surface area is 98.5 Å². The molecule has 0 radical (unpaired) electrons. The molecule has 16 heavy (non-hydrogen) atoms. The Morgan fingerprint density at radius 3 is 2.69 bits per heavy atom. The van der Waals surface area contributed by atoms with E-state index >= 15 is 0 Å². The lowest BCUT2D eigenvalue weighted by molar-refractivity contribution is -0.130. The van der Waals surface area contributed by atoms with Crippen LogP contribution in [0.2, 0.25) is 0 Å². The highest BCUT2D eigenvalue weighted by atomic mass is 16.2. The van der Waals surface area contributed by atoms with Crippen LogP contribution in [0.3, 0.4) is 0 Å². The lowest BCUT2D eigenvalue weighted by Gasteiger charge is -2.41. The Bertz CT molecular complexity index is 230. The Kier molecular flexibility index (Phi) is 5.22. The minimum absolute atomic E-state index is 0.0460. The maximum atomic E-state index is 11.8. The first kappa shape index (κ1) is 13.5. The van der Waals surface area contributed by atoms with E-state index in [2.05, 4.69) is 31.1 Å². The van der Waals surface area contributed by atoms with Crippen molar-refractivity contribution in [2.45, 2.75) is 58.5 Å². The van der Waals surface area contributed by atoms with E-state index in [1.165, 1.54) is 19.3 Å². The molecule has 1 rings (SSSR count). The van der Waals surface area contributed by atoms with Crippen molar-refractivity contribution in [3.05, 3.63) is 0 Å². The number of hydrazine groups is 1. The standard InChI is InChI=1S/C12H25N3O/c1-4-10-7-5-6-8-15(10)11(9(2)3)12(16)14-13/h9-11H,4-8,13H2,1-3H3,(H,14,16). The number of rotatable bonds is 4. The second kappa shape index (κ2) is 6.21. The first-order valence-corrected chi connectivity index (χ1v) is 6.38. The van der Waals surface area contributed by atoms with Crippen molar-refractivity contribution in [1.29, 1.82) is 0 Å². The number of piperidine rings is 1. The minimum Gasteiger partial charge on any atom is -0.293 e. The first-order chi connectivity index (χ1) is 7.61. The number of amides is 1. The quantitative estimate of drug-likeness (QED) is 0.432. The summed E-state index contributed by atoms with van der Waals surface area (Å²) in [5.41, 5.74) is 2.31. The zero-order valence-electron chi connectivity index (χ0n) is 10.7. The predicted molar refractivity (Wildman–Crippen MR) is 65.6 cm³/mol. The predicted octanol–water partition coefficient (Wildman–Crippen LogP) is 1.27. The van der Waals surface area contributed by atoms with Crippen LogP contribution in [0.1, 0.15) is 46.5 Å². The van der Waals surface area contributed by atoms with Gasteiger partial charge in [0, 0.05) is 6.04 Å². The number of hydrogen-bond donors (Lipinski definition) is 2. The molecule has 1 saturated heterocycles. The molecule has 1 aliphatic heterocycles. The van der Waals surface area contributed by atoms with E-state index in [4.69, 9.17) is 5.84 Å². The topological polar surface area (TPSA) is 58.4 Å². The van der Waals surface area contributed by atoms with Gasteiger partial charge in [-0.05, 0) is 31.7 Å². The highest BCUT2D eigenvalue weighted by molar-refractivity contribution is 5.81. The molecule has 4 nitrogen and oxygen atoms in total. The van der Waals surface area contributed by atoms with Crippen molar-refractivity contribution in [3.63, 3.8) is 0 Å². The third-order valence-electron chi connectivity index (χ3n) is 3.54. The second-order valence-corrected chi connectivity index (χ2v) is 4.99. The number of carbonyl (C=O) groups excluding carboxylic acids is 1. The number of nitrogens with zero attached hydrogens (tertiary/aromatic N) is 1. The smallest absolute Gasteiger partial charge is 0.251 e. The number of likely N-dealkylation sites (tertiary alicyclic amines) is 1. The molecule has 0 spiro atoms. The number of nitrogens with one attached hydrogen (secondary N) is 1. The van der Waals surface area contributed by atoms with Gasteiger partial charge in [-0.2, -0.15) is 0 Å². The molecule has 2 unspecified atom stereocenters. The van der Waals surface area contributed by atoms with Gasteiger partial charge in [0.05, 0.1) is 6.04 Å². The van der Waals surface area contributed by atoms with Crippen LogP contribution < -0.4 is 11.3 Å². The Morgan fingerprint density at radius 2 is 2.19 bits per heavy atom. The van der Waals surface area contributed by atoms with E-state index in [1.54, 1.807) is 0 Å². The van der Waals surface area contributed by atoms with Gasteiger partial charge in [-0.3, -0.25) is 15.1 Å². The molecule has 1 amide bonds. The van der Waals surface area contributed by atoms with Gasteiger partial charge >= 0.3 is 0 Å². The van der Waals surface area contributed by atoms with E-state index in [9.17, 15) is 4.79 Å². The van der Waals surface area contributed by atoms with Crippen molar-refractivity contribution >= 4 is 5.91 Å². The summed E-state index contributed by atoms with van der Waals surface area (Å²) < 4.78 is 0. The van der Waals surface area contributed by atoms with E-state index in [0.29, 0.717) is 12.0 Å². The summed E-state index contributed by atoms with van der Waals surface area (Å²) in [6, 6.07) is 0.466. The van der Waals surface area contributed by atoms with Crippen molar-refractivity contribution in [2.24, 2.45) is 11.8 Å². The summed E-state index contributed by atoms with van der Waals surface area (Å²) in [5, 5.41) is 0. The number of nitrogens with two attached hydrogens (primary N) is 1. The Hall–Kier alpha value is -0.610. The van der Waals surface area contributed by atoms with Crippen LogP contribution in [-0.4, -0.2) is 29.4 Å². The molecular weight excluding hydrogens is 202 g/mol.